The van der Waals surface area contributed by atoms with E-state index in [0.29, 0.717) is 6.42 Å². The van der Waals surface area contributed by atoms with E-state index in [4.69, 9.17) is 4.74 Å². The zero-order valence-electron chi connectivity index (χ0n) is 14.6. The highest BCUT2D eigenvalue weighted by molar-refractivity contribution is 5.81. The molecule has 0 unspecified atom stereocenters. The summed E-state index contributed by atoms with van der Waals surface area (Å²) in [6, 6.07) is 12.1. The predicted molar refractivity (Wildman–Crippen MR) is 93.6 cm³/mol. The highest BCUT2D eigenvalue weighted by Gasteiger charge is 2.22. The molecule has 2 atom stereocenters. The van der Waals surface area contributed by atoms with E-state index in [-0.39, 0.29) is 17.7 Å². The number of ether oxygens (including phenoxy) is 1. The topological polar surface area (TPSA) is 38.3 Å². The Labute approximate surface area is 142 Å². The summed E-state index contributed by atoms with van der Waals surface area (Å²) in [5, 5.41) is 2.96. The first-order valence-electron chi connectivity index (χ1n) is 8.21. The van der Waals surface area contributed by atoms with Crippen LogP contribution in [-0.2, 0) is 4.79 Å². The summed E-state index contributed by atoms with van der Waals surface area (Å²) in [5.41, 5.74) is 3.38. The minimum Gasteiger partial charge on any atom is -0.478 e. The average molecular weight is 329 g/mol. The summed E-state index contributed by atoms with van der Waals surface area (Å²) >= 11 is 0. The Balaban J connectivity index is 2.07. The SMILES string of the molecule is CC[C@@H](Oc1ccccc1F)C(=O)N[C@H](C)c1ccc(C)cc1C. The van der Waals surface area contributed by atoms with Gasteiger partial charge in [0.15, 0.2) is 17.7 Å². The maximum atomic E-state index is 13.7. The lowest BCUT2D eigenvalue weighted by atomic mass is 10.00. The van der Waals surface area contributed by atoms with E-state index in [1.807, 2.05) is 39.8 Å². The molecule has 0 aromatic heterocycles. The number of aryl methyl sites for hydroxylation is 2. The van der Waals surface area contributed by atoms with Crippen molar-refractivity contribution in [2.45, 2.75) is 46.3 Å². The first-order chi connectivity index (χ1) is 11.4. The summed E-state index contributed by atoms with van der Waals surface area (Å²) in [7, 11) is 0. The van der Waals surface area contributed by atoms with E-state index in [2.05, 4.69) is 11.4 Å². The Morgan fingerprint density at radius 1 is 1.21 bits per heavy atom. The molecule has 1 N–H and O–H groups in total. The van der Waals surface area contributed by atoms with Crippen LogP contribution >= 0.6 is 0 Å². The lowest BCUT2D eigenvalue weighted by molar-refractivity contribution is -0.128. The minimum atomic E-state index is -0.727. The molecular formula is C20H24FNO2. The molecule has 0 saturated carbocycles. The van der Waals surface area contributed by atoms with Crippen molar-refractivity contribution in [1.82, 2.24) is 5.32 Å². The number of rotatable bonds is 6. The van der Waals surface area contributed by atoms with Crippen molar-refractivity contribution in [3.05, 3.63) is 65.0 Å². The largest absolute Gasteiger partial charge is 0.478 e. The van der Waals surface area contributed by atoms with Crippen LogP contribution in [0, 0.1) is 19.7 Å². The maximum Gasteiger partial charge on any atom is 0.261 e. The number of para-hydroxylation sites is 1. The van der Waals surface area contributed by atoms with Crippen LogP contribution in [0.2, 0.25) is 0 Å². The van der Waals surface area contributed by atoms with Crippen LogP contribution in [-0.4, -0.2) is 12.0 Å². The zero-order chi connectivity index (χ0) is 17.7. The molecule has 0 aliphatic carbocycles. The Morgan fingerprint density at radius 3 is 2.54 bits per heavy atom. The molecule has 2 aromatic carbocycles. The number of amides is 1. The smallest absolute Gasteiger partial charge is 0.261 e. The van der Waals surface area contributed by atoms with Gasteiger partial charge in [0.05, 0.1) is 6.04 Å². The Morgan fingerprint density at radius 2 is 1.92 bits per heavy atom. The molecule has 3 nitrogen and oxygen atoms in total. The van der Waals surface area contributed by atoms with Gasteiger partial charge in [-0.15, -0.1) is 0 Å². The van der Waals surface area contributed by atoms with Crippen LogP contribution in [0.3, 0.4) is 0 Å². The van der Waals surface area contributed by atoms with Gasteiger partial charge < -0.3 is 10.1 Å². The monoisotopic (exact) mass is 329 g/mol. The van der Waals surface area contributed by atoms with Crippen molar-refractivity contribution in [2.75, 3.05) is 0 Å². The molecular weight excluding hydrogens is 305 g/mol. The Hall–Kier alpha value is -2.36. The standard InChI is InChI=1S/C20H24FNO2/c1-5-18(24-19-9-7-6-8-17(19)21)20(23)22-15(4)16-11-10-13(2)12-14(16)3/h6-12,15,18H,5H2,1-4H3,(H,22,23)/t15-,18-/m1/s1. The third-order valence-corrected chi connectivity index (χ3v) is 4.02. The normalized spacial score (nSPS) is 13.2. The number of carbonyl (C=O) groups is 1. The lowest BCUT2D eigenvalue weighted by Crippen LogP contribution is -2.39. The second-order valence-electron chi connectivity index (χ2n) is 6.04. The highest BCUT2D eigenvalue weighted by atomic mass is 19.1. The first kappa shape index (κ1) is 18.0. The van der Waals surface area contributed by atoms with Gasteiger partial charge in [-0.25, -0.2) is 4.39 Å². The molecule has 24 heavy (non-hydrogen) atoms. The Kier molecular flexibility index (Phi) is 5.96. The van der Waals surface area contributed by atoms with Crippen molar-refractivity contribution in [2.24, 2.45) is 0 Å². The van der Waals surface area contributed by atoms with Crippen LogP contribution < -0.4 is 10.1 Å². The molecule has 1 amide bonds. The third kappa shape index (κ3) is 4.34. The zero-order valence-corrected chi connectivity index (χ0v) is 14.6. The number of hydrogen-bond donors (Lipinski definition) is 1. The molecule has 0 aliphatic heterocycles. The Bertz CT molecular complexity index is 715. The van der Waals surface area contributed by atoms with E-state index in [0.717, 1.165) is 11.1 Å². The van der Waals surface area contributed by atoms with Gasteiger partial charge in [0.1, 0.15) is 0 Å². The fourth-order valence-corrected chi connectivity index (χ4v) is 2.71. The third-order valence-electron chi connectivity index (χ3n) is 4.02. The number of halogens is 1. The van der Waals surface area contributed by atoms with Crippen molar-refractivity contribution in [3.63, 3.8) is 0 Å². The van der Waals surface area contributed by atoms with E-state index in [1.165, 1.54) is 17.7 Å². The van der Waals surface area contributed by atoms with E-state index in [1.54, 1.807) is 12.1 Å². The van der Waals surface area contributed by atoms with Crippen LogP contribution in [0.25, 0.3) is 0 Å². The quantitative estimate of drug-likeness (QED) is 0.849. The molecule has 0 fully saturated rings. The highest BCUT2D eigenvalue weighted by Crippen LogP contribution is 2.21. The number of benzene rings is 2. The van der Waals surface area contributed by atoms with Crippen molar-refractivity contribution in [3.8, 4) is 5.75 Å². The number of nitrogens with one attached hydrogen (secondary N) is 1. The van der Waals surface area contributed by atoms with Gasteiger partial charge in [0.2, 0.25) is 0 Å². The van der Waals surface area contributed by atoms with Crippen molar-refractivity contribution < 1.29 is 13.9 Å². The van der Waals surface area contributed by atoms with Gasteiger partial charge in [0.25, 0.3) is 5.91 Å². The van der Waals surface area contributed by atoms with Crippen molar-refractivity contribution >= 4 is 5.91 Å². The van der Waals surface area contributed by atoms with Gasteiger partial charge in [-0.1, -0.05) is 42.8 Å². The molecule has 4 heteroatoms. The van der Waals surface area contributed by atoms with E-state index < -0.39 is 11.9 Å². The number of hydrogen-bond acceptors (Lipinski definition) is 2. The minimum absolute atomic E-state index is 0.0960. The van der Waals surface area contributed by atoms with Crippen LogP contribution in [0.15, 0.2) is 42.5 Å². The van der Waals surface area contributed by atoms with Crippen LogP contribution in [0.1, 0.15) is 43.0 Å². The summed E-state index contributed by atoms with van der Waals surface area (Å²) < 4.78 is 19.3. The van der Waals surface area contributed by atoms with Crippen LogP contribution in [0.4, 0.5) is 4.39 Å². The maximum absolute atomic E-state index is 13.7. The molecule has 2 rings (SSSR count). The molecule has 2 aromatic rings. The van der Waals surface area contributed by atoms with Gasteiger partial charge in [-0.2, -0.15) is 0 Å². The second kappa shape index (κ2) is 7.95. The molecule has 0 radical (unpaired) electrons. The summed E-state index contributed by atoms with van der Waals surface area (Å²) in [4.78, 5) is 12.5. The first-order valence-corrected chi connectivity index (χ1v) is 8.21. The predicted octanol–water partition coefficient (Wildman–Crippen LogP) is 4.48. The average Bonchev–Trinajstić information content (AvgIpc) is 2.53. The van der Waals surface area contributed by atoms with Crippen LogP contribution in [0.5, 0.6) is 5.75 Å². The summed E-state index contributed by atoms with van der Waals surface area (Å²) in [6.07, 6.45) is -0.269. The molecule has 0 bridgehead atoms. The molecule has 0 heterocycles. The molecule has 128 valence electrons. The van der Waals surface area contributed by atoms with Gasteiger partial charge >= 0.3 is 0 Å². The van der Waals surface area contributed by atoms with Gasteiger partial charge in [-0.05, 0) is 50.5 Å². The number of carbonyl (C=O) groups excluding carboxylic acids is 1. The van der Waals surface area contributed by atoms with Crippen molar-refractivity contribution in [1.29, 1.82) is 0 Å². The molecule has 0 spiro atoms. The van der Waals surface area contributed by atoms with E-state index in [9.17, 15) is 9.18 Å². The fraction of sp³-hybridized carbons (Fsp3) is 0.350. The second-order valence-corrected chi connectivity index (χ2v) is 6.04. The summed E-state index contributed by atoms with van der Waals surface area (Å²) in [6.45, 7) is 7.84. The summed E-state index contributed by atoms with van der Waals surface area (Å²) in [5.74, 6) is -0.613. The van der Waals surface area contributed by atoms with Gasteiger partial charge in [-0.3, -0.25) is 4.79 Å². The lowest BCUT2D eigenvalue weighted by Gasteiger charge is -2.22. The van der Waals surface area contributed by atoms with Gasteiger partial charge in [0, 0.05) is 0 Å². The molecule has 0 aliphatic rings. The molecule has 0 saturated heterocycles. The fourth-order valence-electron chi connectivity index (χ4n) is 2.71. The van der Waals surface area contributed by atoms with E-state index >= 15 is 0 Å².